The molecule has 0 amide bonds. The molecule has 0 aliphatic carbocycles. The monoisotopic (exact) mass is 389 g/mol. The average molecular weight is 390 g/mol. The molecule has 0 atom stereocenters. The standard InChI is InChI=1S/C24H23NO2S/c1-18-8-7-11-23(16-18)28-24(25-20-9-5-4-6-10-20)19(2)17-27-22-14-12-21(26-3)13-15-22/h4-17H,1-3H3. The Balaban J connectivity index is 1.85. The number of rotatable bonds is 6. The molecule has 3 aromatic rings. The number of para-hydroxylation sites is 1. The van der Waals surface area contributed by atoms with Gasteiger partial charge in [0, 0.05) is 10.5 Å². The highest BCUT2D eigenvalue weighted by molar-refractivity contribution is 8.14. The first-order valence-electron chi connectivity index (χ1n) is 9.00. The molecule has 142 valence electrons. The smallest absolute Gasteiger partial charge is 0.126 e. The summed E-state index contributed by atoms with van der Waals surface area (Å²) in [5.74, 6) is 1.55. The molecule has 0 saturated heterocycles. The number of thioether (sulfide) groups is 1. The second-order valence-corrected chi connectivity index (χ2v) is 7.33. The summed E-state index contributed by atoms with van der Waals surface area (Å²) in [7, 11) is 1.65. The maximum absolute atomic E-state index is 5.84. The summed E-state index contributed by atoms with van der Waals surface area (Å²) >= 11 is 1.63. The quantitative estimate of drug-likeness (QED) is 0.201. The third-order valence-electron chi connectivity index (χ3n) is 3.96. The van der Waals surface area contributed by atoms with Crippen LogP contribution in [0.4, 0.5) is 5.69 Å². The Hall–Kier alpha value is -2.98. The number of nitrogens with zero attached hydrogens (tertiary/aromatic N) is 1. The van der Waals surface area contributed by atoms with Crippen LogP contribution in [-0.2, 0) is 0 Å². The molecule has 3 nitrogen and oxygen atoms in total. The van der Waals surface area contributed by atoms with E-state index >= 15 is 0 Å². The first-order valence-corrected chi connectivity index (χ1v) is 9.82. The van der Waals surface area contributed by atoms with E-state index in [0.29, 0.717) is 0 Å². The van der Waals surface area contributed by atoms with Crippen LogP contribution in [0.5, 0.6) is 11.5 Å². The van der Waals surface area contributed by atoms with Crippen LogP contribution in [0.3, 0.4) is 0 Å². The van der Waals surface area contributed by atoms with E-state index in [2.05, 4.69) is 31.2 Å². The molecule has 4 heteroatoms. The summed E-state index contributed by atoms with van der Waals surface area (Å²) in [6.07, 6.45) is 1.74. The van der Waals surface area contributed by atoms with E-state index in [1.807, 2.05) is 61.5 Å². The number of ether oxygens (including phenoxy) is 2. The van der Waals surface area contributed by atoms with E-state index in [-0.39, 0.29) is 0 Å². The Kier molecular flexibility index (Phi) is 6.93. The molecular weight excluding hydrogens is 366 g/mol. The largest absolute Gasteiger partial charge is 0.497 e. The average Bonchev–Trinajstić information content (AvgIpc) is 2.73. The topological polar surface area (TPSA) is 30.8 Å². The van der Waals surface area contributed by atoms with Gasteiger partial charge in [-0.3, -0.25) is 0 Å². The summed E-state index contributed by atoms with van der Waals surface area (Å²) in [6.45, 7) is 4.10. The predicted molar refractivity (Wildman–Crippen MR) is 118 cm³/mol. The Labute approximate surface area is 170 Å². The van der Waals surface area contributed by atoms with Gasteiger partial charge in [0.1, 0.15) is 16.5 Å². The Bertz CT molecular complexity index is 963. The van der Waals surface area contributed by atoms with E-state index in [1.165, 1.54) is 5.56 Å². The van der Waals surface area contributed by atoms with Gasteiger partial charge in [-0.2, -0.15) is 0 Å². The van der Waals surface area contributed by atoms with Crippen LogP contribution in [0.2, 0.25) is 0 Å². The van der Waals surface area contributed by atoms with Gasteiger partial charge in [0.25, 0.3) is 0 Å². The molecule has 3 rings (SSSR count). The Morgan fingerprint density at radius 3 is 2.29 bits per heavy atom. The molecule has 0 saturated carbocycles. The fourth-order valence-electron chi connectivity index (χ4n) is 2.46. The lowest BCUT2D eigenvalue weighted by Gasteiger charge is -2.09. The highest BCUT2D eigenvalue weighted by Gasteiger charge is 2.08. The molecule has 0 aliphatic rings. The van der Waals surface area contributed by atoms with Gasteiger partial charge in [-0.05, 0) is 62.4 Å². The van der Waals surface area contributed by atoms with E-state index in [9.17, 15) is 0 Å². The normalized spacial score (nSPS) is 12.0. The van der Waals surface area contributed by atoms with Gasteiger partial charge in [-0.25, -0.2) is 4.99 Å². The van der Waals surface area contributed by atoms with Crippen molar-refractivity contribution < 1.29 is 9.47 Å². The molecule has 0 radical (unpaired) electrons. The van der Waals surface area contributed by atoms with Crippen molar-refractivity contribution in [3.05, 3.63) is 96.3 Å². The van der Waals surface area contributed by atoms with Crippen molar-refractivity contribution in [3.8, 4) is 11.5 Å². The van der Waals surface area contributed by atoms with Crippen LogP contribution in [0.15, 0.2) is 101 Å². The summed E-state index contributed by atoms with van der Waals surface area (Å²) < 4.78 is 11.0. The second-order valence-electron chi connectivity index (χ2n) is 6.27. The van der Waals surface area contributed by atoms with E-state index in [0.717, 1.165) is 32.7 Å². The highest BCUT2D eigenvalue weighted by Crippen LogP contribution is 2.27. The maximum atomic E-state index is 5.84. The first kappa shape index (κ1) is 19.8. The van der Waals surface area contributed by atoms with Crippen molar-refractivity contribution in [2.75, 3.05) is 7.11 Å². The SMILES string of the molecule is COc1ccc(OC=C(C)C(=Nc2ccccc2)Sc2cccc(C)c2)cc1. The number of hydrogen-bond donors (Lipinski definition) is 0. The molecule has 0 aliphatic heterocycles. The Morgan fingerprint density at radius 2 is 1.61 bits per heavy atom. The second kappa shape index (κ2) is 9.81. The minimum Gasteiger partial charge on any atom is -0.497 e. The Morgan fingerprint density at radius 1 is 0.893 bits per heavy atom. The fourth-order valence-corrected chi connectivity index (χ4v) is 3.44. The molecular formula is C24H23NO2S. The highest BCUT2D eigenvalue weighted by atomic mass is 32.2. The van der Waals surface area contributed by atoms with Crippen molar-refractivity contribution in [2.45, 2.75) is 18.7 Å². The maximum Gasteiger partial charge on any atom is 0.126 e. The third kappa shape index (κ3) is 5.76. The van der Waals surface area contributed by atoms with Crippen molar-refractivity contribution >= 4 is 22.5 Å². The van der Waals surface area contributed by atoms with Gasteiger partial charge < -0.3 is 9.47 Å². The molecule has 0 N–H and O–H groups in total. The fraction of sp³-hybridized carbons (Fsp3) is 0.125. The van der Waals surface area contributed by atoms with Gasteiger partial charge in [-0.15, -0.1) is 0 Å². The van der Waals surface area contributed by atoms with E-state index in [1.54, 1.807) is 25.1 Å². The zero-order chi connectivity index (χ0) is 19.8. The van der Waals surface area contributed by atoms with Crippen LogP contribution in [0.25, 0.3) is 0 Å². The number of benzene rings is 3. The summed E-state index contributed by atoms with van der Waals surface area (Å²) in [5, 5.41) is 0.894. The third-order valence-corrected chi connectivity index (χ3v) is 5.06. The van der Waals surface area contributed by atoms with Crippen LogP contribution in [0, 0.1) is 6.92 Å². The zero-order valence-electron chi connectivity index (χ0n) is 16.3. The van der Waals surface area contributed by atoms with Crippen molar-refractivity contribution in [2.24, 2.45) is 4.99 Å². The lowest BCUT2D eigenvalue weighted by Crippen LogP contribution is -1.97. The number of hydrogen-bond acceptors (Lipinski definition) is 4. The predicted octanol–water partition coefficient (Wildman–Crippen LogP) is 6.81. The first-order chi connectivity index (χ1) is 13.6. The summed E-state index contributed by atoms with van der Waals surface area (Å²) in [6, 6.07) is 25.9. The van der Waals surface area contributed by atoms with Gasteiger partial charge in [0.05, 0.1) is 19.1 Å². The molecule has 0 bridgehead atoms. The van der Waals surface area contributed by atoms with Gasteiger partial charge in [0.2, 0.25) is 0 Å². The van der Waals surface area contributed by atoms with Crippen molar-refractivity contribution in [1.29, 1.82) is 0 Å². The van der Waals surface area contributed by atoms with Gasteiger partial charge >= 0.3 is 0 Å². The number of aryl methyl sites for hydroxylation is 1. The van der Waals surface area contributed by atoms with Gasteiger partial charge in [0.15, 0.2) is 0 Å². The molecule has 0 heterocycles. The molecule has 0 aromatic heterocycles. The lowest BCUT2D eigenvalue weighted by atomic mass is 10.2. The van der Waals surface area contributed by atoms with Crippen LogP contribution < -0.4 is 9.47 Å². The van der Waals surface area contributed by atoms with Crippen molar-refractivity contribution in [1.82, 2.24) is 0 Å². The molecule has 0 unspecified atom stereocenters. The van der Waals surface area contributed by atoms with Crippen LogP contribution in [-0.4, -0.2) is 12.2 Å². The van der Waals surface area contributed by atoms with E-state index < -0.39 is 0 Å². The lowest BCUT2D eigenvalue weighted by molar-refractivity contribution is 0.412. The summed E-state index contributed by atoms with van der Waals surface area (Å²) in [4.78, 5) is 5.98. The minimum atomic E-state index is 0.750. The molecule has 0 spiro atoms. The minimum absolute atomic E-state index is 0.750. The molecule has 0 fully saturated rings. The van der Waals surface area contributed by atoms with Crippen LogP contribution in [0.1, 0.15) is 12.5 Å². The zero-order valence-corrected chi connectivity index (χ0v) is 17.1. The number of aliphatic imine (C=N–C) groups is 1. The molecule has 28 heavy (non-hydrogen) atoms. The van der Waals surface area contributed by atoms with Crippen LogP contribution >= 0.6 is 11.8 Å². The van der Waals surface area contributed by atoms with E-state index in [4.69, 9.17) is 14.5 Å². The number of methoxy groups -OCH3 is 1. The van der Waals surface area contributed by atoms with Gasteiger partial charge in [-0.1, -0.05) is 47.7 Å². The molecule has 3 aromatic carbocycles. The summed E-state index contributed by atoms with van der Waals surface area (Å²) in [5.41, 5.74) is 3.08. The van der Waals surface area contributed by atoms with Crippen molar-refractivity contribution in [3.63, 3.8) is 0 Å².